The highest BCUT2D eigenvalue weighted by Crippen LogP contribution is 2.25. The predicted octanol–water partition coefficient (Wildman–Crippen LogP) is 1.38. The van der Waals surface area contributed by atoms with Crippen molar-refractivity contribution in [1.82, 2.24) is 19.8 Å². The third-order valence-electron chi connectivity index (χ3n) is 4.37. The Hall–Kier alpha value is -1.53. The van der Waals surface area contributed by atoms with E-state index in [2.05, 4.69) is 14.9 Å². The molecule has 0 N–H and O–H groups in total. The molecule has 2 aliphatic rings. The van der Waals surface area contributed by atoms with Crippen LogP contribution < -0.4 is 0 Å². The second-order valence-corrected chi connectivity index (χ2v) is 6.04. The minimum atomic E-state index is 0.0669. The minimum absolute atomic E-state index is 0.0669. The van der Waals surface area contributed by atoms with Crippen molar-refractivity contribution in [2.24, 2.45) is 0 Å². The highest BCUT2D eigenvalue weighted by molar-refractivity contribution is 5.73. The lowest BCUT2D eigenvalue weighted by atomic mass is 10.2. The topological polar surface area (TPSA) is 58.6 Å². The number of rotatable bonds is 3. The van der Waals surface area contributed by atoms with Gasteiger partial charge in [-0.05, 0) is 25.3 Å². The van der Waals surface area contributed by atoms with Gasteiger partial charge >= 0.3 is 0 Å². The van der Waals surface area contributed by atoms with Crippen LogP contribution in [-0.4, -0.2) is 58.5 Å². The SMILES string of the molecule is CC(=O)N1CCCN(Cc2ccnc(C3CCCO3)n2)CC1. The summed E-state index contributed by atoms with van der Waals surface area (Å²) in [4.78, 5) is 24.8. The van der Waals surface area contributed by atoms with Crippen molar-refractivity contribution in [3.63, 3.8) is 0 Å². The number of carbonyl (C=O) groups is 1. The average Bonchev–Trinajstić information content (AvgIpc) is 2.95. The standard InChI is InChI=1S/C16H24N4O2/c1-13(21)20-8-3-7-19(9-10-20)12-14-5-6-17-16(18-14)15-4-2-11-22-15/h5-6,15H,2-4,7-12H2,1H3. The summed E-state index contributed by atoms with van der Waals surface area (Å²) >= 11 is 0. The van der Waals surface area contributed by atoms with Crippen molar-refractivity contribution in [3.8, 4) is 0 Å². The van der Waals surface area contributed by atoms with Crippen molar-refractivity contribution in [2.75, 3.05) is 32.8 Å². The molecule has 1 atom stereocenters. The lowest BCUT2D eigenvalue weighted by Gasteiger charge is -2.21. The Labute approximate surface area is 131 Å². The first-order valence-electron chi connectivity index (χ1n) is 8.13. The minimum Gasteiger partial charge on any atom is -0.370 e. The molecule has 0 saturated carbocycles. The molecule has 2 fully saturated rings. The quantitative estimate of drug-likeness (QED) is 0.844. The van der Waals surface area contributed by atoms with Crippen LogP contribution >= 0.6 is 0 Å². The summed E-state index contributed by atoms with van der Waals surface area (Å²) in [6.45, 7) is 6.84. The molecule has 0 bridgehead atoms. The third-order valence-corrected chi connectivity index (χ3v) is 4.37. The van der Waals surface area contributed by atoms with Gasteiger partial charge in [0.15, 0.2) is 5.82 Å². The first-order valence-corrected chi connectivity index (χ1v) is 8.13. The van der Waals surface area contributed by atoms with Crippen LogP contribution in [0.25, 0.3) is 0 Å². The maximum absolute atomic E-state index is 11.5. The van der Waals surface area contributed by atoms with Crippen LogP contribution in [0.2, 0.25) is 0 Å². The van der Waals surface area contributed by atoms with E-state index in [1.165, 1.54) is 0 Å². The van der Waals surface area contributed by atoms with Crippen molar-refractivity contribution >= 4 is 5.91 Å². The molecule has 0 radical (unpaired) electrons. The molecule has 22 heavy (non-hydrogen) atoms. The summed E-state index contributed by atoms with van der Waals surface area (Å²) in [6.07, 6.45) is 5.02. The van der Waals surface area contributed by atoms with Crippen LogP contribution in [0.4, 0.5) is 0 Å². The highest BCUT2D eigenvalue weighted by atomic mass is 16.5. The molecule has 0 aromatic carbocycles. The molecular weight excluding hydrogens is 280 g/mol. The monoisotopic (exact) mass is 304 g/mol. The Balaban J connectivity index is 1.60. The Morgan fingerprint density at radius 2 is 2.23 bits per heavy atom. The third kappa shape index (κ3) is 3.81. The number of ether oxygens (including phenoxy) is 1. The zero-order chi connectivity index (χ0) is 15.4. The van der Waals surface area contributed by atoms with Gasteiger partial charge in [-0.15, -0.1) is 0 Å². The molecule has 120 valence electrons. The lowest BCUT2D eigenvalue weighted by Crippen LogP contribution is -2.33. The summed E-state index contributed by atoms with van der Waals surface area (Å²) < 4.78 is 5.66. The number of nitrogens with zero attached hydrogens (tertiary/aromatic N) is 4. The van der Waals surface area contributed by atoms with Gasteiger partial charge < -0.3 is 9.64 Å². The van der Waals surface area contributed by atoms with Gasteiger partial charge in [-0.3, -0.25) is 9.69 Å². The summed E-state index contributed by atoms with van der Waals surface area (Å²) in [6, 6.07) is 1.98. The Bertz CT molecular complexity index is 517. The Morgan fingerprint density at radius 1 is 1.32 bits per heavy atom. The van der Waals surface area contributed by atoms with E-state index in [-0.39, 0.29) is 12.0 Å². The normalized spacial score (nSPS) is 23.5. The fourth-order valence-corrected chi connectivity index (χ4v) is 3.11. The predicted molar refractivity (Wildman–Crippen MR) is 82.1 cm³/mol. The van der Waals surface area contributed by atoms with Crippen LogP contribution in [-0.2, 0) is 16.1 Å². The van der Waals surface area contributed by atoms with Crippen molar-refractivity contribution in [3.05, 3.63) is 23.8 Å². The molecule has 0 aliphatic carbocycles. The lowest BCUT2D eigenvalue weighted by molar-refractivity contribution is -0.128. The van der Waals surface area contributed by atoms with E-state index in [4.69, 9.17) is 4.74 Å². The van der Waals surface area contributed by atoms with Crippen molar-refractivity contribution in [1.29, 1.82) is 0 Å². The molecular formula is C16H24N4O2. The number of aromatic nitrogens is 2. The first kappa shape index (κ1) is 15.4. The molecule has 2 saturated heterocycles. The second kappa shape index (κ2) is 7.15. The van der Waals surface area contributed by atoms with Crippen molar-refractivity contribution < 1.29 is 9.53 Å². The van der Waals surface area contributed by atoms with Gasteiger partial charge in [0.05, 0.1) is 5.69 Å². The second-order valence-electron chi connectivity index (χ2n) is 6.04. The highest BCUT2D eigenvalue weighted by Gasteiger charge is 2.21. The molecule has 1 unspecified atom stereocenters. The van der Waals surface area contributed by atoms with Crippen molar-refractivity contribution in [2.45, 2.75) is 38.8 Å². The van der Waals surface area contributed by atoms with Gasteiger partial charge in [0.1, 0.15) is 6.10 Å². The average molecular weight is 304 g/mol. The number of amides is 1. The van der Waals surface area contributed by atoms with Crippen LogP contribution in [0, 0.1) is 0 Å². The maximum Gasteiger partial charge on any atom is 0.219 e. The summed E-state index contributed by atoms with van der Waals surface area (Å²) in [5.41, 5.74) is 1.04. The van der Waals surface area contributed by atoms with E-state index < -0.39 is 0 Å². The van der Waals surface area contributed by atoms with Gasteiger partial charge in [0.25, 0.3) is 0 Å². The Kier molecular flexibility index (Phi) is 5.00. The van der Waals surface area contributed by atoms with Gasteiger partial charge in [-0.1, -0.05) is 0 Å². The van der Waals surface area contributed by atoms with Gasteiger partial charge in [0.2, 0.25) is 5.91 Å². The van der Waals surface area contributed by atoms with Crippen LogP contribution in [0.1, 0.15) is 43.8 Å². The molecule has 1 aromatic rings. The van der Waals surface area contributed by atoms with E-state index >= 15 is 0 Å². The number of hydrogen-bond acceptors (Lipinski definition) is 5. The molecule has 1 amide bonds. The molecule has 6 nitrogen and oxygen atoms in total. The molecule has 1 aromatic heterocycles. The largest absolute Gasteiger partial charge is 0.370 e. The first-order chi connectivity index (χ1) is 10.7. The molecule has 3 rings (SSSR count). The number of carbonyl (C=O) groups excluding carboxylic acids is 1. The van der Waals surface area contributed by atoms with E-state index in [9.17, 15) is 4.79 Å². The van der Waals surface area contributed by atoms with Crippen LogP contribution in [0.15, 0.2) is 12.3 Å². The van der Waals surface area contributed by atoms with E-state index in [1.54, 1.807) is 6.92 Å². The van der Waals surface area contributed by atoms with E-state index in [1.807, 2.05) is 17.2 Å². The van der Waals surface area contributed by atoms with Gasteiger partial charge in [0, 0.05) is 52.5 Å². The van der Waals surface area contributed by atoms with Crippen LogP contribution in [0.3, 0.4) is 0 Å². The zero-order valence-electron chi connectivity index (χ0n) is 13.2. The molecule has 3 heterocycles. The molecule has 0 spiro atoms. The van der Waals surface area contributed by atoms with Crippen LogP contribution in [0.5, 0.6) is 0 Å². The summed E-state index contributed by atoms with van der Waals surface area (Å²) in [7, 11) is 0. The van der Waals surface area contributed by atoms with E-state index in [0.29, 0.717) is 0 Å². The zero-order valence-corrected chi connectivity index (χ0v) is 13.2. The van der Waals surface area contributed by atoms with Gasteiger partial charge in [-0.2, -0.15) is 0 Å². The fourth-order valence-electron chi connectivity index (χ4n) is 3.11. The molecule has 6 heteroatoms. The smallest absolute Gasteiger partial charge is 0.219 e. The van der Waals surface area contributed by atoms with E-state index in [0.717, 1.165) is 70.1 Å². The fraction of sp³-hybridized carbons (Fsp3) is 0.688. The van der Waals surface area contributed by atoms with Gasteiger partial charge in [-0.25, -0.2) is 9.97 Å². The maximum atomic E-state index is 11.5. The number of hydrogen-bond donors (Lipinski definition) is 0. The summed E-state index contributed by atoms with van der Waals surface area (Å²) in [5, 5.41) is 0. The Morgan fingerprint density at radius 3 is 3.00 bits per heavy atom. The molecule has 2 aliphatic heterocycles. The summed E-state index contributed by atoms with van der Waals surface area (Å²) in [5.74, 6) is 0.986.